The second kappa shape index (κ2) is 10.3. The first-order valence-corrected chi connectivity index (χ1v) is 11.8. The highest BCUT2D eigenvalue weighted by Crippen LogP contribution is 2.36. The van der Waals surface area contributed by atoms with Crippen LogP contribution in [0.4, 0.5) is 5.69 Å². The lowest BCUT2D eigenvalue weighted by Crippen LogP contribution is -2.47. The lowest BCUT2D eigenvalue weighted by Gasteiger charge is -2.32. The van der Waals surface area contributed by atoms with E-state index >= 15 is 0 Å². The Morgan fingerprint density at radius 3 is 2.82 bits per heavy atom. The number of anilines is 1. The molecule has 3 aromatic rings. The maximum absolute atomic E-state index is 12.9. The van der Waals surface area contributed by atoms with Crippen molar-refractivity contribution in [2.75, 3.05) is 32.1 Å². The fourth-order valence-corrected chi connectivity index (χ4v) is 4.69. The van der Waals surface area contributed by atoms with Crippen LogP contribution in [0.1, 0.15) is 39.5 Å². The highest BCUT2D eigenvalue weighted by atomic mass is 16.5. The van der Waals surface area contributed by atoms with E-state index in [0.717, 1.165) is 48.6 Å². The second-order valence-electron chi connectivity index (χ2n) is 8.97. The summed E-state index contributed by atoms with van der Waals surface area (Å²) in [6.07, 6.45) is 3.78. The zero-order valence-corrected chi connectivity index (χ0v) is 19.6. The molecule has 0 aliphatic carbocycles. The molecule has 33 heavy (non-hydrogen) atoms. The summed E-state index contributed by atoms with van der Waals surface area (Å²) in [5.41, 5.74) is 2.07. The van der Waals surface area contributed by atoms with E-state index in [2.05, 4.69) is 22.5 Å². The monoisotopic (exact) mass is 451 g/mol. The molecule has 0 saturated carbocycles. The van der Waals surface area contributed by atoms with Gasteiger partial charge in [-0.2, -0.15) is 0 Å². The van der Waals surface area contributed by atoms with Gasteiger partial charge >= 0.3 is 0 Å². The maximum Gasteiger partial charge on any atom is 0.238 e. The molecule has 2 aromatic carbocycles. The van der Waals surface area contributed by atoms with Crippen molar-refractivity contribution in [1.29, 1.82) is 0 Å². The molecule has 2 N–H and O–H groups in total. The van der Waals surface area contributed by atoms with E-state index in [-0.39, 0.29) is 30.3 Å². The van der Waals surface area contributed by atoms with Gasteiger partial charge in [-0.05, 0) is 44.9 Å². The van der Waals surface area contributed by atoms with E-state index in [9.17, 15) is 9.59 Å². The number of carbonyl (C=O) groups is 2. The molecule has 7 nitrogen and oxygen atoms in total. The number of hydrogen-bond donors (Lipinski definition) is 2. The van der Waals surface area contributed by atoms with Gasteiger partial charge in [0.2, 0.25) is 11.8 Å². The van der Waals surface area contributed by atoms with Crippen LogP contribution in [0.2, 0.25) is 0 Å². The number of para-hydroxylation sites is 1. The largest absolute Gasteiger partial charge is 0.495 e. The molecular weight excluding hydrogens is 418 g/mol. The molecule has 1 aliphatic heterocycles. The van der Waals surface area contributed by atoms with E-state index in [4.69, 9.17) is 9.15 Å². The first-order valence-electron chi connectivity index (χ1n) is 11.8. The number of likely N-dealkylation sites (tertiary alicyclic amines) is 1. The van der Waals surface area contributed by atoms with Gasteiger partial charge < -0.3 is 19.8 Å². The summed E-state index contributed by atoms with van der Waals surface area (Å²) in [4.78, 5) is 27.5. The van der Waals surface area contributed by atoms with E-state index in [1.54, 1.807) is 7.11 Å². The molecule has 1 aromatic heterocycles. The molecule has 176 valence electrons. The summed E-state index contributed by atoms with van der Waals surface area (Å²) < 4.78 is 11.5. The predicted octanol–water partition coefficient (Wildman–Crippen LogP) is 4.55. The Labute approximate surface area is 194 Å². The topological polar surface area (TPSA) is 83.8 Å². The van der Waals surface area contributed by atoms with Crippen molar-refractivity contribution in [3.63, 3.8) is 0 Å². The zero-order chi connectivity index (χ0) is 23.4. The minimum Gasteiger partial charge on any atom is -0.495 e. The van der Waals surface area contributed by atoms with E-state index in [1.807, 2.05) is 43.3 Å². The number of nitrogens with zero attached hydrogens (tertiary/aromatic N) is 1. The number of nitrogens with one attached hydrogen (secondary N) is 2. The molecule has 2 amide bonds. The zero-order valence-electron chi connectivity index (χ0n) is 19.6. The Bertz CT molecular complexity index is 1140. The fourth-order valence-electron chi connectivity index (χ4n) is 4.69. The number of ether oxygens (including phenoxy) is 1. The molecule has 4 rings (SSSR count). The Morgan fingerprint density at radius 1 is 1.21 bits per heavy atom. The highest BCUT2D eigenvalue weighted by Gasteiger charge is 2.27. The standard InChI is InChI=1S/C26H33N3O4/c1-4-8-17(2)27-26(31)18-9-7-12-29(15-18)16-25(30)28-21-14-23-20(13-24(21)32-3)19-10-5-6-11-22(19)33-23/h5-6,10-11,13-14,17-18H,4,7-9,12,15-16H2,1-3H3,(H,27,31)(H,28,30). The number of fused-ring (bicyclic) bond motifs is 3. The summed E-state index contributed by atoms with van der Waals surface area (Å²) >= 11 is 0. The summed E-state index contributed by atoms with van der Waals surface area (Å²) in [5.74, 6) is 0.470. The summed E-state index contributed by atoms with van der Waals surface area (Å²) in [7, 11) is 1.59. The van der Waals surface area contributed by atoms with Gasteiger partial charge in [0.1, 0.15) is 16.9 Å². The first kappa shape index (κ1) is 23.1. The minimum atomic E-state index is -0.135. The molecule has 1 saturated heterocycles. The number of piperidine rings is 1. The van der Waals surface area contributed by atoms with Gasteiger partial charge in [-0.25, -0.2) is 0 Å². The van der Waals surface area contributed by atoms with E-state index in [1.165, 1.54) is 0 Å². The van der Waals surface area contributed by atoms with Crippen LogP contribution < -0.4 is 15.4 Å². The van der Waals surface area contributed by atoms with E-state index in [0.29, 0.717) is 23.6 Å². The van der Waals surface area contributed by atoms with Crippen molar-refractivity contribution in [2.24, 2.45) is 5.92 Å². The first-order chi connectivity index (χ1) is 16.0. The van der Waals surface area contributed by atoms with Gasteiger partial charge in [0, 0.05) is 29.4 Å². The van der Waals surface area contributed by atoms with Crippen molar-refractivity contribution in [3.05, 3.63) is 36.4 Å². The van der Waals surface area contributed by atoms with Crippen molar-refractivity contribution in [1.82, 2.24) is 10.2 Å². The van der Waals surface area contributed by atoms with Gasteiger partial charge in [-0.15, -0.1) is 0 Å². The van der Waals surface area contributed by atoms with Crippen LogP contribution in [0.5, 0.6) is 5.75 Å². The average molecular weight is 452 g/mol. The van der Waals surface area contributed by atoms with Gasteiger partial charge in [0.05, 0.1) is 25.3 Å². The number of furan rings is 1. The molecule has 1 aliphatic rings. The summed E-state index contributed by atoms with van der Waals surface area (Å²) in [5, 5.41) is 8.04. The average Bonchev–Trinajstić information content (AvgIpc) is 3.16. The van der Waals surface area contributed by atoms with Crippen molar-refractivity contribution < 1.29 is 18.7 Å². The molecule has 1 fully saturated rings. The van der Waals surface area contributed by atoms with Crippen LogP contribution in [-0.2, 0) is 9.59 Å². The Balaban J connectivity index is 1.42. The third-order valence-corrected chi connectivity index (χ3v) is 6.33. The smallest absolute Gasteiger partial charge is 0.238 e. The van der Waals surface area contributed by atoms with Crippen LogP contribution in [0.3, 0.4) is 0 Å². The lowest BCUT2D eigenvalue weighted by molar-refractivity contribution is -0.128. The maximum atomic E-state index is 12.9. The van der Waals surface area contributed by atoms with Gasteiger partial charge in [-0.1, -0.05) is 31.5 Å². The summed E-state index contributed by atoms with van der Waals surface area (Å²) in [6, 6.07) is 11.7. The van der Waals surface area contributed by atoms with Gasteiger partial charge in [0.25, 0.3) is 0 Å². The molecule has 2 unspecified atom stereocenters. The Morgan fingerprint density at radius 2 is 2.03 bits per heavy atom. The number of carbonyl (C=O) groups excluding carboxylic acids is 2. The van der Waals surface area contributed by atoms with Crippen LogP contribution >= 0.6 is 0 Å². The molecule has 7 heteroatoms. The molecule has 2 atom stereocenters. The Hall–Kier alpha value is -3.06. The Kier molecular flexibility index (Phi) is 7.18. The fraction of sp³-hybridized carbons (Fsp3) is 0.462. The number of hydrogen-bond acceptors (Lipinski definition) is 5. The van der Waals surface area contributed by atoms with Crippen LogP contribution in [0, 0.1) is 5.92 Å². The van der Waals surface area contributed by atoms with Crippen LogP contribution in [0.25, 0.3) is 21.9 Å². The van der Waals surface area contributed by atoms with E-state index < -0.39 is 0 Å². The van der Waals surface area contributed by atoms with Gasteiger partial charge in [0.15, 0.2) is 0 Å². The summed E-state index contributed by atoms with van der Waals surface area (Å²) in [6.45, 7) is 5.79. The third kappa shape index (κ3) is 5.30. The minimum absolute atomic E-state index is 0.0766. The normalized spacial score (nSPS) is 17.7. The quantitative estimate of drug-likeness (QED) is 0.525. The molecule has 2 heterocycles. The van der Waals surface area contributed by atoms with Crippen molar-refractivity contribution in [3.8, 4) is 5.75 Å². The second-order valence-corrected chi connectivity index (χ2v) is 8.97. The molecule has 0 bridgehead atoms. The van der Waals surface area contributed by atoms with Crippen LogP contribution in [0.15, 0.2) is 40.8 Å². The predicted molar refractivity (Wildman–Crippen MR) is 131 cm³/mol. The number of rotatable bonds is 8. The molecule has 0 spiro atoms. The van der Waals surface area contributed by atoms with Gasteiger partial charge in [-0.3, -0.25) is 14.5 Å². The van der Waals surface area contributed by atoms with Crippen LogP contribution in [-0.4, -0.2) is 49.5 Å². The van der Waals surface area contributed by atoms with Crippen molar-refractivity contribution >= 4 is 39.4 Å². The molecular formula is C26H33N3O4. The number of benzene rings is 2. The SMILES string of the molecule is CCCC(C)NC(=O)C1CCCN(CC(=O)Nc2cc3oc4ccccc4c3cc2OC)C1. The number of amides is 2. The third-order valence-electron chi connectivity index (χ3n) is 6.33. The number of methoxy groups -OCH3 is 1. The highest BCUT2D eigenvalue weighted by molar-refractivity contribution is 6.07. The molecule has 0 radical (unpaired) electrons. The van der Waals surface area contributed by atoms with Crippen molar-refractivity contribution in [2.45, 2.75) is 45.6 Å². The lowest BCUT2D eigenvalue weighted by atomic mass is 9.96.